The molecule has 1 rings (SSSR count). The highest BCUT2D eigenvalue weighted by molar-refractivity contribution is 9.10. The fourth-order valence-corrected chi connectivity index (χ4v) is 2.07. The standard InChI is InChI=1S/C9H15BrO2/c10-8(9(11)12)6-5-7-3-1-2-4-7/h7-8H,1-6H2,(H,11,12). The monoisotopic (exact) mass is 234 g/mol. The van der Waals surface area contributed by atoms with Gasteiger partial charge in [-0.1, -0.05) is 41.6 Å². The molecule has 0 heterocycles. The van der Waals surface area contributed by atoms with E-state index in [4.69, 9.17) is 5.11 Å². The summed E-state index contributed by atoms with van der Waals surface area (Å²) in [4.78, 5) is 10.1. The third-order valence-electron chi connectivity index (χ3n) is 2.57. The van der Waals surface area contributed by atoms with Gasteiger partial charge < -0.3 is 5.11 Å². The van der Waals surface area contributed by atoms with Crippen LogP contribution in [0.5, 0.6) is 0 Å². The molecule has 1 fully saturated rings. The van der Waals surface area contributed by atoms with Crippen molar-refractivity contribution in [1.82, 2.24) is 0 Å². The van der Waals surface area contributed by atoms with Gasteiger partial charge in [-0.2, -0.15) is 0 Å². The summed E-state index contributed by atoms with van der Waals surface area (Å²) in [6.07, 6.45) is 7.14. The molecule has 1 saturated carbocycles. The Hall–Kier alpha value is -0.0500. The summed E-state index contributed by atoms with van der Waals surface area (Å²) in [5.74, 6) is 0.0670. The molecule has 1 atom stereocenters. The Balaban J connectivity index is 2.11. The molecule has 0 aliphatic heterocycles. The molecule has 0 aromatic heterocycles. The molecular formula is C9H15BrO2. The van der Waals surface area contributed by atoms with Crippen molar-refractivity contribution in [2.45, 2.75) is 43.4 Å². The Labute approximate surface area is 81.5 Å². The fourth-order valence-electron chi connectivity index (χ4n) is 1.80. The minimum absolute atomic E-state index is 0.335. The summed E-state index contributed by atoms with van der Waals surface area (Å²) >= 11 is 3.15. The Morgan fingerprint density at radius 2 is 2.08 bits per heavy atom. The van der Waals surface area contributed by atoms with Crippen molar-refractivity contribution in [2.75, 3.05) is 0 Å². The number of rotatable bonds is 4. The minimum Gasteiger partial charge on any atom is -0.480 e. The fraction of sp³-hybridized carbons (Fsp3) is 0.889. The zero-order valence-corrected chi connectivity index (χ0v) is 8.72. The summed E-state index contributed by atoms with van der Waals surface area (Å²) < 4.78 is 0. The molecule has 0 spiro atoms. The molecule has 0 bridgehead atoms. The highest BCUT2D eigenvalue weighted by Crippen LogP contribution is 2.29. The lowest BCUT2D eigenvalue weighted by Crippen LogP contribution is -2.13. The first-order valence-electron chi connectivity index (χ1n) is 4.57. The molecule has 0 amide bonds. The van der Waals surface area contributed by atoms with Crippen LogP contribution in [-0.2, 0) is 4.79 Å². The largest absolute Gasteiger partial charge is 0.480 e. The number of aliphatic carboxylic acids is 1. The van der Waals surface area contributed by atoms with Crippen LogP contribution in [0.25, 0.3) is 0 Å². The Bertz CT molecular complexity index is 153. The van der Waals surface area contributed by atoms with Gasteiger partial charge >= 0.3 is 5.97 Å². The summed E-state index contributed by atoms with van der Waals surface area (Å²) in [7, 11) is 0. The molecule has 3 heteroatoms. The van der Waals surface area contributed by atoms with Gasteiger partial charge in [0.05, 0.1) is 0 Å². The van der Waals surface area contributed by atoms with Gasteiger partial charge in [0.25, 0.3) is 0 Å². The van der Waals surface area contributed by atoms with Crippen molar-refractivity contribution in [3.63, 3.8) is 0 Å². The molecule has 1 aliphatic rings. The maximum Gasteiger partial charge on any atom is 0.317 e. The lowest BCUT2D eigenvalue weighted by atomic mass is 10.0. The van der Waals surface area contributed by atoms with E-state index in [1.807, 2.05) is 0 Å². The average Bonchev–Trinajstić information content (AvgIpc) is 2.51. The molecule has 0 aromatic carbocycles. The van der Waals surface area contributed by atoms with Crippen LogP contribution in [0.4, 0.5) is 0 Å². The number of hydrogen-bond donors (Lipinski definition) is 1. The number of hydrogen-bond acceptors (Lipinski definition) is 1. The van der Waals surface area contributed by atoms with Gasteiger partial charge in [0, 0.05) is 0 Å². The van der Waals surface area contributed by atoms with Gasteiger partial charge in [-0.25, -0.2) is 0 Å². The maximum atomic E-state index is 10.5. The topological polar surface area (TPSA) is 37.3 Å². The van der Waals surface area contributed by atoms with E-state index >= 15 is 0 Å². The summed E-state index contributed by atoms with van der Waals surface area (Å²) in [6, 6.07) is 0. The zero-order chi connectivity index (χ0) is 8.97. The van der Waals surface area contributed by atoms with Gasteiger partial charge in [-0.3, -0.25) is 4.79 Å². The molecule has 12 heavy (non-hydrogen) atoms. The minimum atomic E-state index is -0.729. The van der Waals surface area contributed by atoms with Crippen LogP contribution in [0.3, 0.4) is 0 Å². The summed E-state index contributed by atoms with van der Waals surface area (Å²) in [6.45, 7) is 0. The van der Waals surface area contributed by atoms with E-state index in [9.17, 15) is 4.79 Å². The van der Waals surface area contributed by atoms with Crippen LogP contribution in [0.15, 0.2) is 0 Å². The summed E-state index contributed by atoms with van der Waals surface area (Å²) in [5, 5.41) is 8.61. The SMILES string of the molecule is O=C(O)C(Br)CCC1CCCC1. The molecule has 1 unspecified atom stereocenters. The van der Waals surface area contributed by atoms with Crippen molar-refractivity contribution in [2.24, 2.45) is 5.92 Å². The second kappa shape index (κ2) is 4.85. The number of carboxylic acid groups (broad SMARTS) is 1. The van der Waals surface area contributed by atoms with Crippen molar-refractivity contribution in [3.05, 3.63) is 0 Å². The number of carbonyl (C=O) groups is 1. The van der Waals surface area contributed by atoms with E-state index in [1.165, 1.54) is 25.7 Å². The average molecular weight is 235 g/mol. The van der Waals surface area contributed by atoms with E-state index in [2.05, 4.69) is 15.9 Å². The van der Waals surface area contributed by atoms with Gasteiger partial charge in [-0.05, 0) is 18.8 Å². The quantitative estimate of drug-likeness (QED) is 0.760. The molecule has 1 N–H and O–H groups in total. The predicted octanol–water partition coefficient (Wildman–Crippen LogP) is 2.80. The van der Waals surface area contributed by atoms with Crippen molar-refractivity contribution >= 4 is 21.9 Å². The molecule has 0 radical (unpaired) electrons. The second-order valence-corrected chi connectivity index (χ2v) is 4.64. The lowest BCUT2D eigenvalue weighted by molar-refractivity contribution is -0.136. The lowest BCUT2D eigenvalue weighted by Gasteiger charge is -2.09. The molecule has 0 aromatic rings. The second-order valence-electron chi connectivity index (χ2n) is 3.53. The third kappa shape index (κ3) is 3.13. The number of alkyl halides is 1. The maximum absolute atomic E-state index is 10.5. The molecular weight excluding hydrogens is 220 g/mol. The van der Waals surface area contributed by atoms with Crippen LogP contribution in [0.2, 0.25) is 0 Å². The van der Waals surface area contributed by atoms with Crippen molar-refractivity contribution in [3.8, 4) is 0 Å². The normalized spacial score (nSPS) is 21.1. The highest BCUT2D eigenvalue weighted by Gasteiger charge is 2.18. The first-order valence-corrected chi connectivity index (χ1v) is 5.48. The Morgan fingerprint density at radius 3 is 2.58 bits per heavy atom. The van der Waals surface area contributed by atoms with Crippen molar-refractivity contribution < 1.29 is 9.90 Å². The van der Waals surface area contributed by atoms with Crippen LogP contribution in [0.1, 0.15) is 38.5 Å². The zero-order valence-electron chi connectivity index (χ0n) is 7.13. The third-order valence-corrected chi connectivity index (χ3v) is 3.42. The Kier molecular flexibility index (Phi) is 4.06. The molecule has 2 nitrogen and oxygen atoms in total. The van der Waals surface area contributed by atoms with Gasteiger partial charge in [-0.15, -0.1) is 0 Å². The van der Waals surface area contributed by atoms with Gasteiger partial charge in [0.1, 0.15) is 4.83 Å². The smallest absolute Gasteiger partial charge is 0.317 e. The predicted molar refractivity (Wildman–Crippen MR) is 51.5 cm³/mol. The molecule has 70 valence electrons. The van der Waals surface area contributed by atoms with E-state index in [0.717, 1.165) is 18.8 Å². The van der Waals surface area contributed by atoms with E-state index in [-0.39, 0.29) is 4.83 Å². The van der Waals surface area contributed by atoms with Crippen LogP contribution in [0, 0.1) is 5.92 Å². The summed E-state index contributed by atoms with van der Waals surface area (Å²) in [5.41, 5.74) is 0. The molecule has 1 aliphatic carbocycles. The Morgan fingerprint density at radius 1 is 1.50 bits per heavy atom. The molecule has 0 saturated heterocycles. The van der Waals surface area contributed by atoms with E-state index in [0.29, 0.717) is 0 Å². The van der Waals surface area contributed by atoms with Crippen LogP contribution < -0.4 is 0 Å². The first kappa shape index (κ1) is 10.0. The van der Waals surface area contributed by atoms with Crippen LogP contribution >= 0.6 is 15.9 Å². The van der Waals surface area contributed by atoms with E-state index < -0.39 is 5.97 Å². The van der Waals surface area contributed by atoms with E-state index in [1.54, 1.807) is 0 Å². The van der Waals surface area contributed by atoms with Gasteiger partial charge in [0.15, 0.2) is 0 Å². The van der Waals surface area contributed by atoms with Crippen molar-refractivity contribution in [1.29, 1.82) is 0 Å². The number of carboxylic acids is 1. The highest BCUT2D eigenvalue weighted by atomic mass is 79.9. The van der Waals surface area contributed by atoms with Crippen LogP contribution in [-0.4, -0.2) is 15.9 Å². The number of halogens is 1. The van der Waals surface area contributed by atoms with Gasteiger partial charge in [0.2, 0.25) is 0 Å². The first-order chi connectivity index (χ1) is 5.70.